The van der Waals surface area contributed by atoms with E-state index < -0.39 is 46.2 Å². The van der Waals surface area contributed by atoms with Gasteiger partial charge in [0.25, 0.3) is 5.69 Å². The Labute approximate surface area is 311 Å². The van der Waals surface area contributed by atoms with Gasteiger partial charge in [0, 0.05) is 49.3 Å². The van der Waals surface area contributed by atoms with Crippen LogP contribution in [-0.2, 0) is 50.9 Å². The highest BCUT2D eigenvalue weighted by Gasteiger charge is 2.42. The van der Waals surface area contributed by atoms with Gasteiger partial charge in [-0.1, -0.05) is 6.07 Å². The summed E-state index contributed by atoms with van der Waals surface area (Å²) in [4.78, 5) is 62.5. The molecule has 1 aromatic rings. The molecule has 0 saturated heterocycles. The molecular formula is C37H56N4O12. The molecule has 0 saturated carbocycles. The van der Waals surface area contributed by atoms with Crippen LogP contribution in [0, 0.1) is 10.1 Å². The minimum atomic E-state index is -1.19. The minimum absolute atomic E-state index is 0.0352. The molecule has 0 fully saturated rings. The van der Waals surface area contributed by atoms with E-state index in [1.807, 2.05) is 0 Å². The summed E-state index contributed by atoms with van der Waals surface area (Å²) >= 11 is 0. The summed E-state index contributed by atoms with van der Waals surface area (Å²) < 4.78 is 32.3. The Balaban J connectivity index is 2.37. The highest BCUT2D eigenvalue weighted by atomic mass is 16.6. The van der Waals surface area contributed by atoms with Crippen LogP contribution >= 0.6 is 0 Å². The number of nitro groups is 1. The third kappa shape index (κ3) is 14.7. The van der Waals surface area contributed by atoms with Gasteiger partial charge in [0.1, 0.15) is 11.2 Å². The van der Waals surface area contributed by atoms with Crippen LogP contribution in [0.1, 0.15) is 90.8 Å². The molecule has 0 unspecified atom stereocenters. The second-order valence-electron chi connectivity index (χ2n) is 14.4. The Kier molecular flexibility index (Phi) is 17.2. The molecule has 1 aliphatic rings. The molecule has 0 radical (unpaired) electrons. The Hall–Kier alpha value is -4.70. The van der Waals surface area contributed by atoms with Gasteiger partial charge in [-0.3, -0.25) is 10.1 Å². The molecule has 3 N–H and O–H groups in total. The van der Waals surface area contributed by atoms with E-state index in [0.29, 0.717) is 61.5 Å². The van der Waals surface area contributed by atoms with Crippen molar-refractivity contribution < 1.29 is 52.5 Å². The highest BCUT2D eigenvalue weighted by Crippen LogP contribution is 2.45. The minimum Gasteiger partial charge on any atom is -0.466 e. The number of amides is 2. The Morgan fingerprint density at radius 3 is 1.62 bits per heavy atom. The van der Waals surface area contributed by atoms with E-state index >= 15 is 0 Å². The summed E-state index contributed by atoms with van der Waals surface area (Å²) in [5, 5.41) is 21.1. The van der Waals surface area contributed by atoms with Crippen molar-refractivity contribution in [3.63, 3.8) is 0 Å². The normalized spacial score (nSPS) is 13.6. The number of hydrogen-bond donors (Lipinski definition) is 3. The van der Waals surface area contributed by atoms with Gasteiger partial charge < -0.3 is 44.4 Å². The van der Waals surface area contributed by atoms with E-state index in [9.17, 15) is 29.3 Å². The highest BCUT2D eigenvalue weighted by molar-refractivity contribution is 6.00. The summed E-state index contributed by atoms with van der Waals surface area (Å²) in [6, 6.07) is 3.21. The maximum Gasteiger partial charge on any atom is 0.407 e. The number of nitro benzene ring substituents is 1. The number of nitrogens with one attached hydrogen (secondary N) is 3. The fourth-order valence-corrected chi connectivity index (χ4v) is 5.57. The third-order valence-corrected chi connectivity index (χ3v) is 7.68. The molecule has 2 amide bonds. The van der Waals surface area contributed by atoms with Crippen molar-refractivity contribution in [1.82, 2.24) is 16.0 Å². The number of dihydropyridines is 1. The number of carbonyl (C=O) groups is 4. The van der Waals surface area contributed by atoms with Gasteiger partial charge in [-0.25, -0.2) is 19.2 Å². The van der Waals surface area contributed by atoms with Crippen LogP contribution in [0.3, 0.4) is 0 Å². The van der Waals surface area contributed by atoms with Crippen LogP contribution in [0.4, 0.5) is 15.3 Å². The van der Waals surface area contributed by atoms with Crippen LogP contribution in [0.25, 0.3) is 0 Å². The lowest BCUT2D eigenvalue weighted by atomic mass is 9.77. The molecule has 0 spiro atoms. The van der Waals surface area contributed by atoms with Crippen molar-refractivity contribution in [2.45, 2.75) is 98.2 Å². The lowest BCUT2D eigenvalue weighted by Gasteiger charge is -2.31. The molecule has 1 heterocycles. The first-order chi connectivity index (χ1) is 24.8. The fourth-order valence-electron chi connectivity index (χ4n) is 5.57. The number of carbonyl (C=O) groups excluding carboxylic acids is 4. The standard InChI is InChI=1S/C37H56N4O12/c1-23-28(32(42)48-9)31(29(24(2)40-23)33(43)49-10)30-26(14-20-51-18-12-16-39-35(45)53-37(6,7)8)21-25(22-27(30)41(46)47)13-19-50-17-11-15-38-34(44)52-36(3,4)5/h21-22,31,40H,11-20H2,1-10H3,(H,38,44)(H,39,45). The summed E-state index contributed by atoms with van der Waals surface area (Å²) in [6.45, 7) is 15.5. The molecule has 0 aliphatic carbocycles. The molecule has 0 bridgehead atoms. The van der Waals surface area contributed by atoms with E-state index in [0.717, 1.165) is 0 Å². The molecule has 16 nitrogen and oxygen atoms in total. The first kappa shape index (κ1) is 44.5. The number of alkyl carbamates (subject to hydrolysis) is 2. The van der Waals surface area contributed by atoms with E-state index in [4.69, 9.17) is 28.4 Å². The van der Waals surface area contributed by atoms with Gasteiger partial charge in [0.05, 0.1) is 49.4 Å². The van der Waals surface area contributed by atoms with Crippen molar-refractivity contribution in [1.29, 1.82) is 0 Å². The third-order valence-electron chi connectivity index (χ3n) is 7.68. The molecule has 1 aromatic carbocycles. The largest absolute Gasteiger partial charge is 0.466 e. The monoisotopic (exact) mass is 748 g/mol. The molecule has 2 rings (SSSR count). The van der Waals surface area contributed by atoms with Crippen molar-refractivity contribution in [3.05, 3.63) is 61.5 Å². The number of benzene rings is 1. The number of ether oxygens (including phenoxy) is 6. The van der Waals surface area contributed by atoms with Crippen molar-refractivity contribution in [3.8, 4) is 0 Å². The zero-order chi connectivity index (χ0) is 39.9. The first-order valence-corrected chi connectivity index (χ1v) is 17.5. The lowest BCUT2D eigenvalue weighted by Crippen LogP contribution is -2.33. The summed E-state index contributed by atoms with van der Waals surface area (Å²) in [6.07, 6.45) is 0.444. The number of hydrogen-bond acceptors (Lipinski definition) is 13. The number of methoxy groups -OCH3 is 2. The fraction of sp³-hybridized carbons (Fsp3) is 0.622. The molecule has 53 heavy (non-hydrogen) atoms. The predicted molar refractivity (Wildman–Crippen MR) is 195 cm³/mol. The van der Waals surface area contributed by atoms with E-state index in [-0.39, 0.29) is 48.6 Å². The topological polar surface area (TPSA) is 203 Å². The van der Waals surface area contributed by atoms with Gasteiger partial charge in [-0.2, -0.15) is 0 Å². The Morgan fingerprint density at radius 1 is 0.755 bits per heavy atom. The van der Waals surface area contributed by atoms with E-state index in [2.05, 4.69) is 16.0 Å². The van der Waals surface area contributed by atoms with Crippen LogP contribution in [0.5, 0.6) is 0 Å². The molecule has 0 aromatic heterocycles. The zero-order valence-electron chi connectivity index (χ0n) is 32.6. The van der Waals surface area contributed by atoms with Crippen LogP contribution in [0.2, 0.25) is 0 Å². The number of esters is 2. The number of nitrogens with zero attached hydrogens (tertiary/aromatic N) is 1. The summed E-state index contributed by atoms with van der Waals surface area (Å²) in [5.41, 5.74) is 0.515. The van der Waals surface area contributed by atoms with Gasteiger partial charge in [-0.15, -0.1) is 0 Å². The molecule has 1 aliphatic heterocycles. The average molecular weight is 749 g/mol. The molecule has 16 heteroatoms. The molecule has 296 valence electrons. The van der Waals surface area contributed by atoms with Gasteiger partial charge in [-0.05, 0) is 92.2 Å². The van der Waals surface area contributed by atoms with E-state index in [1.165, 1.54) is 20.3 Å². The first-order valence-electron chi connectivity index (χ1n) is 17.5. The maximum absolute atomic E-state index is 13.2. The quantitative estimate of drug-likeness (QED) is 0.0587. The van der Waals surface area contributed by atoms with Gasteiger partial charge in [0.2, 0.25) is 0 Å². The zero-order valence-corrected chi connectivity index (χ0v) is 32.6. The van der Waals surface area contributed by atoms with Crippen LogP contribution < -0.4 is 16.0 Å². The van der Waals surface area contributed by atoms with Crippen molar-refractivity contribution >= 4 is 29.8 Å². The van der Waals surface area contributed by atoms with Crippen molar-refractivity contribution in [2.75, 3.05) is 53.7 Å². The second kappa shape index (κ2) is 20.5. The number of rotatable bonds is 18. The van der Waals surface area contributed by atoms with Crippen molar-refractivity contribution in [2.24, 2.45) is 0 Å². The van der Waals surface area contributed by atoms with E-state index in [1.54, 1.807) is 61.5 Å². The second-order valence-corrected chi connectivity index (χ2v) is 14.4. The van der Waals surface area contributed by atoms with Crippen LogP contribution in [-0.4, -0.2) is 94.0 Å². The molecule has 0 atom stereocenters. The smallest absolute Gasteiger partial charge is 0.407 e. The summed E-state index contributed by atoms with van der Waals surface area (Å²) in [7, 11) is 2.39. The van der Waals surface area contributed by atoms with Crippen LogP contribution in [0.15, 0.2) is 34.7 Å². The van der Waals surface area contributed by atoms with Gasteiger partial charge >= 0.3 is 24.1 Å². The SMILES string of the molecule is COC(=O)C1=C(C)NC(C)=C(C(=O)OC)C1c1c(CCOCCCNC(=O)OC(C)(C)C)cc(CCOCCCNC(=O)OC(C)(C)C)cc1[N+](=O)[O-]. The Bertz CT molecular complexity index is 1500. The number of allylic oxidation sites excluding steroid dienone is 2. The summed E-state index contributed by atoms with van der Waals surface area (Å²) in [5.74, 6) is -2.71. The predicted octanol–water partition coefficient (Wildman–Crippen LogP) is 5.12. The Morgan fingerprint density at radius 2 is 1.21 bits per heavy atom. The lowest BCUT2D eigenvalue weighted by molar-refractivity contribution is -0.385. The average Bonchev–Trinajstić information content (AvgIpc) is 3.04. The van der Waals surface area contributed by atoms with Gasteiger partial charge in [0.15, 0.2) is 0 Å². The molecular weight excluding hydrogens is 692 g/mol. The maximum atomic E-state index is 13.2.